The number of hydrogen-bond donors (Lipinski definition) is 2. The van der Waals surface area contributed by atoms with Gasteiger partial charge in [0, 0.05) is 22.9 Å². The van der Waals surface area contributed by atoms with E-state index in [1.165, 1.54) is 18.2 Å². The van der Waals surface area contributed by atoms with E-state index in [4.69, 9.17) is 26.3 Å². The predicted octanol–water partition coefficient (Wildman–Crippen LogP) is 3.05. The lowest BCUT2D eigenvalue weighted by Gasteiger charge is -2.30. The second-order valence-corrected chi connectivity index (χ2v) is 6.48. The van der Waals surface area contributed by atoms with Crippen LogP contribution in [0.25, 0.3) is 0 Å². The molecule has 11 heteroatoms. The minimum Gasteiger partial charge on any atom is -0.463 e. The Morgan fingerprint density at radius 2 is 1.87 bits per heavy atom. The van der Waals surface area contributed by atoms with Gasteiger partial charge in [0.15, 0.2) is 0 Å². The van der Waals surface area contributed by atoms with Gasteiger partial charge in [0.05, 0.1) is 47.1 Å². The second kappa shape index (κ2) is 9.88. The average Bonchev–Trinajstić information content (AvgIpc) is 2.68. The summed E-state index contributed by atoms with van der Waals surface area (Å²) in [6.45, 7) is 4.85. The first-order valence-corrected chi connectivity index (χ1v) is 9.31. The molecule has 160 valence electrons. The highest BCUT2D eigenvalue weighted by molar-refractivity contribution is 6.31. The molecular formula is C19H20ClN3O7. The number of nitro benzene ring substituents is 1. The topological polar surface area (TPSA) is 140 Å². The summed E-state index contributed by atoms with van der Waals surface area (Å²) in [5, 5.41) is 26.2. The number of benzene rings is 1. The fourth-order valence-electron chi connectivity index (χ4n) is 3.11. The van der Waals surface area contributed by atoms with Crippen LogP contribution in [0.2, 0.25) is 5.02 Å². The molecule has 30 heavy (non-hydrogen) atoms. The molecule has 1 aromatic rings. The van der Waals surface area contributed by atoms with E-state index in [9.17, 15) is 19.7 Å². The fraction of sp³-hybridized carbons (Fsp3) is 0.316. The Morgan fingerprint density at radius 3 is 2.40 bits per heavy atom. The zero-order valence-electron chi connectivity index (χ0n) is 16.5. The third-order valence-corrected chi connectivity index (χ3v) is 4.62. The Kier molecular flexibility index (Phi) is 7.54. The van der Waals surface area contributed by atoms with Crippen molar-refractivity contribution in [2.24, 2.45) is 5.16 Å². The smallest absolute Gasteiger partial charge is 0.337 e. The first-order valence-electron chi connectivity index (χ1n) is 8.94. The standard InChI is InChI=1S/C19H20ClN3O7/c1-4-29-18(24)15-10(3)22-14(9-21-26)17(19(25)30-5-2)16(15)12-8-11(23(27)28)6-7-13(12)20/h6-9,16,22,26H,4-5H2,1-3H3/b21-9-. The Morgan fingerprint density at radius 1 is 1.27 bits per heavy atom. The molecule has 1 atom stereocenters. The maximum atomic E-state index is 12.8. The zero-order valence-corrected chi connectivity index (χ0v) is 17.2. The van der Waals surface area contributed by atoms with Gasteiger partial charge in [-0.15, -0.1) is 0 Å². The maximum absolute atomic E-state index is 12.8. The van der Waals surface area contributed by atoms with Crippen molar-refractivity contribution in [3.63, 3.8) is 0 Å². The van der Waals surface area contributed by atoms with Gasteiger partial charge in [-0.25, -0.2) is 9.59 Å². The van der Waals surface area contributed by atoms with E-state index >= 15 is 0 Å². The Bertz CT molecular complexity index is 969. The summed E-state index contributed by atoms with van der Waals surface area (Å²) in [5.41, 5.74) is 0.108. The van der Waals surface area contributed by atoms with Crippen molar-refractivity contribution < 1.29 is 29.2 Å². The summed E-state index contributed by atoms with van der Waals surface area (Å²) < 4.78 is 10.3. The highest BCUT2D eigenvalue weighted by Gasteiger charge is 2.40. The molecule has 0 aromatic heterocycles. The number of nitrogens with one attached hydrogen (secondary N) is 1. The molecule has 1 aliphatic heterocycles. The molecule has 1 unspecified atom stereocenters. The van der Waals surface area contributed by atoms with Crippen molar-refractivity contribution in [1.82, 2.24) is 5.32 Å². The molecule has 0 aliphatic carbocycles. The number of oxime groups is 1. The first kappa shape index (κ1) is 22.9. The molecule has 1 aliphatic rings. The van der Waals surface area contributed by atoms with Crippen molar-refractivity contribution in [3.8, 4) is 0 Å². The summed E-state index contributed by atoms with van der Waals surface area (Å²) >= 11 is 6.33. The number of hydrogen-bond acceptors (Lipinski definition) is 9. The molecule has 0 saturated carbocycles. The molecule has 0 fully saturated rings. The van der Waals surface area contributed by atoms with Crippen LogP contribution in [0.15, 0.2) is 45.9 Å². The Balaban J connectivity index is 2.86. The highest BCUT2D eigenvalue weighted by Crippen LogP contribution is 2.42. The average molecular weight is 438 g/mol. The zero-order chi connectivity index (χ0) is 22.4. The van der Waals surface area contributed by atoms with E-state index in [0.29, 0.717) is 5.70 Å². The fourth-order valence-corrected chi connectivity index (χ4v) is 3.33. The van der Waals surface area contributed by atoms with Gasteiger partial charge < -0.3 is 20.0 Å². The quantitative estimate of drug-likeness (QED) is 0.218. The number of carbonyl (C=O) groups excluding carboxylic acids is 2. The third kappa shape index (κ3) is 4.60. The number of nitrogens with zero attached hydrogens (tertiary/aromatic N) is 2. The summed E-state index contributed by atoms with van der Waals surface area (Å²) in [6, 6.07) is 3.69. The predicted molar refractivity (Wildman–Crippen MR) is 107 cm³/mol. The van der Waals surface area contributed by atoms with Gasteiger partial charge in [0.1, 0.15) is 0 Å². The van der Waals surface area contributed by atoms with Crippen LogP contribution in [0.1, 0.15) is 32.3 Å². The van der Waals surface area contributed by atoms with E-state index < -0.39 is 22.8 Å². The maximum Gasteiger partial charge on any atom is 0.337 e. The van der Waals surface area contributed by atoms with Crippen LogP contribution in [-0.2, 0) is 19.1 Å². The summed E-state index contributed by atoms with van der Waals surface area (Å²) in [4.78, 5) is 36.3. The molecule has 0 amide bonds. The number of ether oxygens (including phenoxy) is 2. The van der Waals surface area contributed by atoms with Crippen LogP contribution in [0.5, 0.6) is 0 Å². The number of esters is 2. The Labute approximate surface area is 176 Å². The van der Waals surface area contributed by atoms with Crippen LogP contribution >= 0.6 is 11.6 Å². The van der Waals surface area contributed by atoms with E-state index in [0.717, 1.165) is 6.21 Å². The van der Waals surface area contributed by atoms with E-state index in [-0.39, 0.29) is 46.3 Å². The van der Waals surface area contributed by atoms with E-state index in [1.807, 2.05) is 0 Å². The largest absolute Gasteiger partial charge is 0.463 e. The van der Waals surface area contributed by atoms with Crippen molar-refractivity contribution in [2.45, 2.75) is 26.7 Å². The van der Waals surface area contributed by atoms with E-state index in [2.05, 4.69) is 10.5 Å². The van der Waals surface area contributed by atoms with Crippen LogP contribution < -0.4 is 5.32 Å². The van der Waals surface area contributed by atoms with Gasteiger partial charge >= 0.3 is 11.9 Å². The first-order chi connectivity index (χ1) is 14.3. The van der Waals surface area contributed by atoms with Gasteiger partial charge in [-0.2, -0.15) is 0 Å². The summed E-state index contributed by atoms with van der Waals surface area (Å²) in [7, 11) is 0. The van der Waals surface area contributed by atoms with Crippen LogP contribution in [0, 0.1) is 10.1 Å². The number of rotatable bonds is 7. The van der Waals surface area contributed by atoms with Crippen LogP contribution in [0.4, 0.5) is 5.69 Å². The highest BCUT2D eigenvalue weighted by atomic mass is 35.5. The number of allylic oxidation sites excluding steroid dienone is 2. The van der Waals surface area contributed by atoms with Crippen molar-refractivity contribution in [1.29, 1.82) is 0 Å². The van der Waals surface area contributed by atoms with Crippen LogP contribution in [-0.4, -0.2) is 41.5 Å². The summed E-state index contributed by atoms with van der Waals surface area (Å²) in [6.07, 6.45) is 0.968. The van der Waals surface area contributed by atoms with Crippen molar-refractivity contribution in [2.75, 3.05) is 13.2 Å². The monoisotopic (exact) mass is 437 g/mol. The molecule has 0 spiro atoms. The normalized spacial score (nSPS) is 16.5. The molecule has 0 saturated heterocycles. The lowest BCUT2D eigenvalue weighted by molar-refractivity contribution is -0.384. The van der Waals surface area contributed by atoms with Crippen molar-refractivity contribution in [3.05, 3.63) is 61.4 Å². The lowest BCUT2D eigenvalue weighted by atomic mass is 9.80. The Hall–Kier alpha value is -3.40. The number of non-ortho nitro benzene ring substituents is 1. The van der Waals surface area contributed by atoms with Crippen LogP contribution in [0.3, 0.4) is 0 Å². The third-order valence-electron chi connectivity index (χ3n) is 4.27. The molecule has 1 heterocycles. The molecular weight excluding hydrogens is 418 g/mol. The number of nitro groups is 1. The molecule has 2 N–H and O–H groups in total. The van der Waals surface area contributed by atoms with Gasteiger partial charge in [-0.05, 0) is 32.4 Å². The number of halogens is 1. The minimum atomic E-state index is -1.16. The van der Waals surface area contributed by atoms with Gasteiger partial charge in [-0.3, -0.25) is 10.1 Å². The lowest BCUT2D eigenvalue weighted by Crippen LogP contribution is -2.34. The van der Waals surface area contributed by atoms with Gasteiger partial charge in [-0.1, -0.05) is 16.8 Å². The number of carbonyl (C=O) groups is 2. The summed E-state index contributed by atoms with van der Waals surface area (Å²) in [5.74, 6) is -2.72. The minimum absolute atomic E-state index is 0.0254. The molecule has 0 radical (unpaired) electrons. The molecule has 2 rings (SSSR count). The second-order valence-electron chi connectivity index (χ2n) is 6.07. The van der Waals surface area contributed by atoms with Gasteiger partial charge in [0.25, 0.3) is 5.69 Å². The molecule has 0 bridgehead atoms. The van der Waals surface area contributed by atoms with Crippen molar-refractivity contribution >= 4 is 35.4 Å². The SMILES string of the molecule is CCOC(=O)C1=C(C)NC(/C=N\O)=C(C(=O)OCC)C1c1cc([N+](=O)[O-])ccc1Cl. The molecule has 1 aromatic carbocycles. The molecule has 10 nitrogen and oxygen atoms in total. The van der Waals surface area contributed by atoms with Gasteiger partial charge in [0.2, 0.25) is 0 Å². The van der Waals surface area contributed by atoms with E-state index in [1.54, 1.807) is 20.8 Å². The number of dihydropyridines is 1.